The van der Waals surface area contributed by atoms with Gasteiger partial charge in [-0.25, -0.2) is 18.1 Å². The molecule has 0 aliphatic rings. The van der Waals surface area contributed by atoms with E-state index in [0.29, 0.717) is 18.8 Å². The van der Waals surface area contributed by atoms with Gasteiger partial charge in [0.05, 0.1) is 6.20 Å². The van der Waals surface area contributed by atoms with Crippen LogP contribution in [0.25, 0.3) is 0 Å². The van der Waals surface area contributed by atoms with Gasteiger partial charge in [0, 0.05) is 32.5 Å². The fourth-order valence-corrected chi connectivity index (χ4v) is 2.82. The third kappa shape index (κ3) is 4.27. The van der Waals surface area contributed by atoms with Crippen LogP contribution in [0.4, 0.5) is 5.82 Å². The molecule has 0 unspecified atom stereocenters. The lowest BCUT2D eigenvalue weighted by atomic mass is 10.3. The second-order valence-corrected chi connectivity index (χ2v) is 6.35. The Labute approximate surface area is 124 Å². The van der Waals surface area contributed by atoms with E-state index in [1.807, 2.05) is 20.2 Å². The first-order valence-corrected chi connectivity index (χ1v) is 8.16. The van der Waals surface area contributed by atoms with E-state index in [1.165, 1.54) is 12.3 Å². The Morgan fingerprint density at radius 3 is 2.67 bits per heavy atom. The predicted octanol–water partition coefficient (Wildman–Crippen LogP) is 0.768. The van der Waals surface area contributed by atoms with Crippen LogP contribution in [0.2, 0.25) is 0 Å². The van der Waals surface area contributed by atoms with E-state index in [0.717, 1.165) is 12.1 Å². The second kappa shape index (κ2) is 6.68. The van der Waals surface area contributed by atoms with E-state index < -0.39 is 10.0 Å². The minimum absolute atomic E-state index is 0.162. The lowest BCUT2D eigenvalue weighted by molar-refractivity contribution is 0.581. The van der Waals surface area contributed by atoms with Gasteiger partial charge in [-0.2, -0.15) is 5.10 Å². The van der Waals surface area contributed by atoms with Crippen LogP contribution in [0.5, 0.6) is 0 Å². The van der Waals surface area contributed by atoms with Gasteiger partial charge < -0.3 is 5.32 Å². The van der Waals surface area contributed by atoms with E-state index in [2.05, 4.69) is 20.1 Å². The van der Waals surface area contributed by atoms with Gasteiger partial charge >= 0.3 is 0 Å². The van der Waals surface area contributed by atoms with Crippen molar-refractivity contribution in [2.24, 2.45) is 7.05 Å². The lowest BCUT2D eigenvalue weighted by Gasteiger charge is -2.07. The number of sulfonamides is 1. The zero-order chi connectivity index (χ0) is 15.3. The maximum absolute atomic E-state index is 12.1. The summed E-state index contributed by atoms with van der Waals surface area (Å²) in [7, 11) is -1.70. The van der Waals surface area contributed by atoms with Gasteiger partial charge in [-0.05, 0) is 31.0 Å². The third-order valence-corrected chi connectivity index (χ3v) is 4.31. The van der Waals surface area contributed by atoms with Crippen LogP contribution in [0.3, 0.4) is 0 Å². The predicted molar refractivity (Wildman–Crippen MR) is 80.5 cm³/mol. The molecule has 7 nitrogen and oxygen atoms in total. The van der Waals surface area contributed by atoms with Crippen molar-refractivity contribution in [3.63, 3.8) is 0 Å². The minimum Gasteiger partial charge on any atom is -0.370 e. The Morgan fingerprint density at radius 1 is 1.29 bits per heavy atom. The first-order valence-electron chi connectivity index (χ1n) is 6.68. The van der Waals surface area contributed by atoms with Crippen molar-refractivity contribution in [2.75, 3.05) is 18.4 Å². The summed E-state index contributed by atoms with van der Waals surface area (Å²) in [6, 6.07) is 3.19. The molecule has 0 fully saturated rings. The van der Waals surface area contributed by atoms with Gasteiger partial charge in [-0.15, -0.1) is 0 Å². The standard InChI is InChI=1S/C13H19N5O2S/c1-3-14-13-5-4-12(9-15-13)21(19,20)17-7-6-11-8-16-18(2)10-11/h4-5,8-10,17H,3,6-7H2,1-2H3,(H,14,15). The SMILES string of the molecule is CCNc1ccc(S(=O)(=O)NCCc2cnn(C)c2)cn1. The van der Waals surface area contributed by atoms with Crippen molar-refractivity contribution in [3.8, 4) is 0 Å². The molecule has 0 aliphatic carbocycles. The number of aryl methyl sites for hydroxylation is 1. The Bertz CT molecular complexity index is 679. The third-order valence-electron chi connectivity index (χ3n) is 2.87. The molecule has 8 heteroatoms. The molecule has 114 valence electrons. The van der Waals surface area contributed by atoms with Crippen LogP contribution >= 0.6 is 0 Å². The molecule has 21 heavy (non-hydrogen) atoms. The highest BCUT2D eigenvalue weighted by atomic mass is 32.2. The Hall–Kier alpha value is -1.93. The molecule has 2 N–H and O–H groups in total. The summed E-state index contributed by atoms with van der Waals surface area (Å²) < 4.78 is 28.5. The molecular formula is C13H19N5O2S. The molecule has 0 aromatic carbocycles. The van der Waals surface area contributed by atoms with Crippen LogP contribution in [-0.2, 0) is 23.5 Å². The van der Waals surface area contributed by atoms with Crippen molar-refractivity contribution >= 4 is 15.8 Å². The average molecular weight is 309 g/mol. The van der Waals surface area contributed by atoms with Crippen LogP contribution in [0.1, 0.15) is 12.5 Å². The summed E-state index contributed by atoms with van der Waals surface area (Å²) in [6.45, 7) is 3.01. The Kier molecular flexibility index (Phi) is 4.92. The number of aromatic nitrogens is 3. The number of nitrogens with one attached hydrogen (secondary N) is 2. The molecule has 0 saturated carbocycles. The fraction of sp³-hybridized carbons (Fsp3) is 0.385. The number of anilines is 1. The van der Waals surface area contributed by atoms with Crippen molar-refractivity contribution in [1.29, 1.82) is 0 Å². The second-order valence-electron chi connectivity index (χ2n) is 4.58. The van der Waals surface area contributed by atoms with Gasteiger partial charge in [-0.1, -0.05) is 0 Å². The molecule has 0 spiro atoms. The smallest absolute Gasteiger partial charge is 0.242 e. The summed E-state index contributed by atoms with van der Waals surface area (Å²) in [5.74, 6) is 0.659. The van der Waals surface area contributed by atoms with E-state index >= 15 is 0 Å². The van der Waals surface area contributed by atoms with Crippen LogP contribution in [0.15, 0.2) is 35.6 Å². The number of rotatable bonds is 7. The molecule has 0 bridgehead atoms. The van der Waals surface area contributed by atoms with Gasteiger partial charge in [0.2, 0.25) is 10.0 Å². The molecule has 0 atom stereocenters. The van der Waals surface area contributed by atoms with Gasteiger partial charge in [-0.3, -0.25) is 4.68 Å². The monoisotopic (exact) mass is 309 g/mol. The molecule has 0 radical (unpaired) electrons. The van der Waals surface area contributed by atoms with Crippen molar-refractivity contribution in [1.82, 2.24) is 19.5 Å². The molecule has 2 aromatic heterocycles. The summed E-state index contributed by atoms with van der Waals surface area (Å²) in [5.41, 5.74) is 0.987. The number of nitrogens with zero attached hydrogens (tertiary/aromatic N) is 3. The van der Waals surface area contributed by atoms with Gasteiger partial charge in [0.1, 0.15) is 10.7 Å². The zero-order valence-electron chi connectivity index (χ0n) is 12.1. The number of hydrogen-bond acceptors (Lipinski definition) is 5. The molecule has 0 amide bonds. The van der Waals surface area contributed by atoms with Crippen molar-refractivity contribution in [3.05, 3.63) is 36.3 Å². The lowest BCUT2D eigenvalue weighted by Crippen LogP contribution is -2.26. The van der Waals surface area contributed by atoms with E-state index in [9.17, 15) is 8.42 Å². The number of hydrogen-bond donors (Lipinski definition) is 2. The Balaban J connectivity index is 1.94. The minimum atomic E-state index is -3.52. The van der Waals surface area contributed by atoms with Gasteiger partial charge in [0.25, 0.3) is 0 Å². The summed E-state index contributed by atoms with van der Waals surface area (Å²) in [6.07, 6.45) is 5.53. The van der Waals surface area contributed by atoms with Crippen LogP contribution in [-0.4, -0.2) is 36.3 Å². The Morgan fingerprint density at radius 2 is 2.10 bits per heavy atom. The normalized spacial score (nSPS) is 11.5. The first kappa shape index (κ1) is 15.5. The van der Waals surface area contributed by atoms with Gasteiger partial charge in [0.15, 0.2) is 0 Å². The fourth-order valence-electron chi connectivity index (χ4n) is 1.84. The van der Waals surface area contributed by atoms with E-state index in [1.54, 1.807) is 16.9 Å². The summed E-state index contributed by atoms with van der Waals surface area (Å²) in [4.78, 5) is 4.22. The highest BCUT2D eigenvalue weighted by Gasteiger charge is 2.13. The molecular weight excluding hydrogens is 290 g/mol. The topological polar surface area (TPSA) is 88.9 Å². The van der Waals surface area contributed by atoms with E-state index in [-0.39, 0.29) is 4.90 Å². The maximum atomic E-state index is 12.1. The largest absolute Gasteiger partial charge is 0.370 e. The maximum Gasteiger partial charge on any atom is 0.242 e. The van der Waals surface area contributed by atoms with Crippen molar-refractivity contribution < 1.29 is 8.42 Å². The van der Waals surface area contributed by atoms with Crippen LogP contribution in [0, 0.1) is 0 Å². The molecule has 2 heterocycles. The highest BCUT2D eigenvalue weighted by Crippen LogP contribution is 2.10. The highest BCUT2D eigenvalue weighted by molar-refractivity contribution is 7.89. The summed E-state index contributed by atoms with van der Waals surface area (Å²) >= 11 is 0. The summed E-state index contributed by atoms with van der Waals surface area (Å²) in [5, 5.41) is 7.06. The molecule has 0 aliphatic heterocycles. The first-order chi connectivity index (χ1) is 10.0. The van der Waals surface area contributed by atoms with Crippen molar-refractivity contribution in [2.45, 2.75) is 18.2 Å². The van der Waals surface area contributed by atoms with E-state index in [4.69, 9.17) is 0 Å². The average Bonchev–Trinajstić information content (AvgIpc) is 2.85. The molecule has 2 aromatic rings. The number of pyridine rings is 1. The quantitative estimate of drug-likeness (QED) is 0.788. The van der Waals surface area contributed by atoms with Crippen LogP contribution < -0.4 is 10.0 Å². The molecule has 0 saturated heterocycles. The zero-order valence-corrected chi connectivity index (χ0v) is 12.9. The molecule has 2 rings (SSSR count).